The Morgan fingerprint density at radius 3 is 2.47 bits per heavy atom. The SMILES string of the molecule is Cc1cc(C)cc(NC(=O)c2cnn(-c3ccc(C)c(Cl)c3)c2C2CCNCC2)c1. The number of aromatic nitrogens is 2. The molecule has 0 unspecified atom stereocenters. The number of nitrogens with zero attached hydrogens (tertiary/aromatic N) is 2. The molecule has 0 radical (unpaired) electrons. The van der Waals surface area contributed by atoms with Crippen LogP contribution in [0.1, 0.15) is 51.5 Å². The lowest BCUT2D eigenvalue weighted by atomic mass is 9.91. The second-order valence-corrected chi connectivity index (χ2v) is 8.55. The molecule has 0 saturated carbocycles. The van der Waals surface area contributed by atoms with Gasteiger partial charge in [-0.05, 0) is 87.7 Å². The summed E-state index contributed by atoms with van der Waals surface area (Å²) in [7, 11) is 0. The number of hydrogen-bond acceptors (Lipinski definition) is 3. The molecule has 3 aromatic rings. The summed E-state index contributed by atoms with van der Waals surface area (Å²) in [5.74, 6) is 0.131. The van der Waals surface area contributed by atoms with Gasteiger partial charge in [0, 0.05) is 16.6 Å². The van der Waals surface area contributed by atoms with E-state index in [2.05, 4.69) is 21.8 Å². The monoisotopic (exact) mass is 422 g/mol. The van der Waals surface area contributed by atoms with Gasteiger partial charge in [-0.15, -0.1) is 0 Å². The average Bonchev–Trinajstić information content (AvgIpc) is 3.15. The zero-order chi connectivity index (χ0) is 21.3. The van der Waals surface area contributed by atoms with Crippen molar-refractivity contribution in [3.8, 4) is 5.69 Å². The van der Waals surface area contributed by atoms with Crippen molar-refractivity contribution in [2.75, 3.05) is 18.4 Å². The van der Waals surface area contributed by atoms with Crippen LogP contribution in [0.2, 0.25) is 5.02 Å². The summed E-state index contributed by atoms with van der Waals surface area (Å²) in [4.78, 5) is 13.3. The quantitative estimate of drug-likeness (QED) is 0.609. The van der Waals surface area contributed by atoms with E-state index in [-0.39, 0.29) is 11.8 Å². The first-order chi connectivity index (χ1) is 14.4. The van der Waals surface area contributed by atoms with Crippen LogP contribution in [0.15, 0.2) is 42.6 Å². The van der Waals surface area contributed by atoms with Gasteiger partial charge in [0.15, 0.2) is 0 Å². The Labute approximate surface area is 182 Å². The van der Waals surface area contributed by atoms with E-state index >= 15 is 0 Å². The number of rotatable bonds is 4. The molecule has 1 fully saturated rings. The van der Waals surface area contributed by atoms with Crippen molar-refractivity contribution in [1.82, 2.24) is 15.1 Å². The zero-order valence-corrected chi connectivity index (χ0v) is 18.4. The molecule has 6 heteroatoms. The van der Waals surface area contributed by atoms with Crippen molar-refractivity contribution in [1.29, 1.82) is 0 Å². The molecule has 1 aromatic heterocycles. The topological polar surface area (TPSA) is 59.0 Å². The largest absolute Gasteiger partial charge is 0.322 e. The molecule has 4 rings (SSSR count). The van der Waals surface area contributed by atoms with E-state index in [0.717, 1.165) is 59.7 Å². The Kier molecular flexibility index (Phi) is 5.93. The van der Waals surface area contributed by atoms with Crippen LogP contribution in [-0.2, 0) is 0 Å². The number of anilines is 1. The van der Waals surface area contributed by atoms with Crippen molar-refractivity contribution in [2.45, 2.75) is 39.5 Å². The summed E-state index contributed by atoms with van der Waals surface area (Å²) in [6.45, 7) is 7.90. The van der Waals surface area contributed by atoms with E-state index in [0.29, 0.717) is 10.6 Å². The van der Waals surface area contributed by atoms with Gasteiger partial charge in [-0.25, -0.2) is 4.68 Å². The van der Waals surface area contributed by atoms with E-state index in [1.54, 1.807) is 6.20 Å². The van der Waals surface area contributed by atoms with Gasteiger partial charge in [-0.1, -0.05) is 23.7 Å². The summed E-state index contributed by atoms with van der Waals surface area (Å²) < 4.78 is 1.89. The lowest BCUT2D eigenvalue weighted by molar-refractivity contribution is 0.102. The van der Waals surface area contributed by atoms with E-state index in [9.17, 15) is 4.79 Å². The normalized spacial score (nSPS) is 14.7. The number of halogens is 1. The van der Waals surface area contributed by atoms with Gasteiger partial charge in [0.1, 0.15) is 0 Å². The van der Waals surface area contributed by atoms with Crippen LogP contribution in [0.25, 0.3) is 5.69 Å². The van der Waals surface area contributed by atoms with Crippen LogP contribution in [0.3, 0.4) is 0 Å². The van der Waals surface area contributed by atoms with E-state index in [1.807, 2.05) is 55.8 Å². The van der Waals surface area contributed by atoms with Crippen molar-refractivity contribution in [2.24, 2.45) is 0 Å². The zero-order valence-electron chi connectivity index (χ0n) is 17.6. The molecule has 1 amide bonds. The third-order valence-corrected chi connectivity index (χ3v) is 6.06. The molecule has 5 nitrogen and oxygen atoms in total. The summed E-state index contributed by atoms with van der Waals surface area (Å²) in [5.41, 5.74) is 6.52. The summed E-state index contributed by atoms with van der Waals surface area (Å²) in [6.07, 6.45) is 3.62. The number of benzene rings is 2. The van der Waals surface area contributed by atoms with E-state index in [1.165, 1.54) is 0 Å². The third kappa shape index (κ3) is 4.27. The van der Waals surface area contributed by atoms with Gasteiger partial charge in [0.2, 0.25) is 0 Å². The highest BCUT2D eigenvalue weighted by atomic mass is 35.5. The van der Waals surface area contributed by atoms with Gasteiger partial charge in [0.05, 0.1) is 23.1 Å². The van der Waals surface area contributed by atoms with E-state index < -0.39 is 0 Å². The molecule has 1 saturated heterocycles. The molecule has 1 aliphatic rings. The molecular formula is C24H27ClN4O. The Morgan fingerprint density at radius 2 is 1.80 bits per heavy atom. The summed E-state index contributed by atoms with van der Waals surface area (Å²) >= 11 is 6.38. The van der Waals surface area contributed by atoms with Gasteiger partial charge in [-0.3, -0.25) is 4.79 Å². The molecule has 156 valence electrons. The molecule has 2 aromatic carbocycles. The fourth-order valence-electron chi connectivity index (χ4n) is 4.19. The van der Waals surface area contributed by atoms with Crippen molar-refractivity contribution >= 4 is 23.2 Å². The number of nitrogens with one attached hydrogen (secondary N) is 2. The number of carbonyl (C=O) groups excluding carboxylic acids is 1. The Balaban J connectivity index is 1.74. The van der Waals surface area contributed by atoms with Crippen LogP contribution in [0, 0.1) is 20.8 Å². The van der Waals surface area contributed by atoms with Gasteiger partial charge >= 0.3 is 0 Å². The first-order valence-corrected chi connectivity index (χ1v) is 10.7. The number of amides is 1. The highest BCUT2D eigenvalue weighted by Gasteiger charge is 2.27. The lowest BCUT2D eigenvalue weighted by Crippen LogP contribution is -2.29. The second-order valence-electron chi connectivity index (χ2n) is 8.14. The predicted molar refractivity (Wildman–Crippen MR) is 122 cm³/mol. The second kappa shape index (κ2) is 8.62. The Hall–Kier alpha value is -2.63. The number of carbonyl (C=O) groups is 1. The summed E-state index contributed by atoms with van der Waals surface area (Å²) in [5, 5.41) is 11.8. The minimum atomic E-state index is -0.127. The average molecular weight is 423 g/mol. The molecule has 2 N–H and O–H groups in total. The lowest BCUT2D eigenvalue weighted by Gasteiger charge is -2.25. The van der Waals surface area contributed by atoms with Crippen molar-refractivity contribution in [3.05, 3.63) is 75.6 Å². The number of aryl methyl sites for hydroxylation is 3. The highest BCUT2D eigenvalue weighted by Crippen LogP contribution is 2.32. The highest BCUT2D eigenvalue weighted by molar-refractivity contribution is 6.31. The Morgan fingerprint density at radius 1 is 1.10 bits per heavy atom. The van der Waals surface area contributed by atoms with Gasteiger partial charge in [0.25, 0.3) is 5.91 Å². The maximum atomic E-state index is 13.3. The van der Waals surface area contributed by atoms with E-state index in [4.69, 9.17) is 11.6 Å². The van der Waals surface area contributed by atoms with Crippen LogP contribution in [-0.4, -0.2) is 28.8 Å². The fourth-order valence-corrected chi connectivity index (χ4v) is 4.36. The standard InChI is InChI=1S/C24H27ClN4O/c1-15-10-16(2)12-19(11-15)28-24(30)21-14-27-29(20-5-4-17(3)22(25)13-20)23(21)18-6-8-26-9-7-18/h4-5,10-14,18,26H,6-9H2,1-3H3,(H,28,30). The predicted octanol–water partition coefficient (Wildman–Crippen LogP) is 5.17. The first-order valence-electron chi connectivity index (χ1n) is 10.4. The van der Waals surface area contributed by atoms with Crippen molar-refractivity contribution in [3.63, 3.8) is 0 Å². The maximum Gasteiger partial charge on any atom is 0.259 e. The molecule has 0 aliphatic carbocycles. The number of piperidine rings is 1. The smallest absolute Gasteiger partial charge is 0.259 e. The molecule has 30 heavy (non-hydrogen) atoms. The van der Waals surface area contributed by atoms with Gasteiger partial charge in [-0.2, -0.15) is 5.10 Å². The van der Waals surface area contributed by atoms with Crippen molar-refractivity contribution < 1.29 is 4.79 Å². The molecular weight excluding hydrogens is 396 g/mol. The van der Waals surface area contributed by atoms with Crippen LogP contribution in [0.4, 0.5) is 5.69 Å². The minimum absolute atomic E-state index is 0.127. The third-order valence-electron chi connectivity index (χ3n) is 5.66. The van der Waals surface area contributed by atoms with Crippen LogP contribution in [0.5, 0.6) is 0 Å². The number of hydrogen-bond donors (Lipinski definition) is 2. The fraction of sp³-hybridized carbons (Fsp3) is 0.333. The maximum absolute atomic E-state index is 13.3. The first kappa shape index (κ1) is 20.6. The molecule has 1 aliphatic heterocycles. The summed E-state index contributed by atoms with van der Waals surface area (Å²) in [6, 6.07) is 12.0. The van der Waals surface area contributed by atoms with Crippen LogP contribution >= 0.6 is 11.6 Å². The van der Waals surface area contributed by atoms with Gasteiger partial charge < -0.3 is 10.6 Å². The molecule has 2 heterocycles. The molecule has 0 spiro atoms. The minimum Gasteiger partial charge on any atom is -0.322 e. The molecule has 0 bridgehead atoms. The Bertz CT molecular complexity index is 1060. The molecule has 0 atom stereocenters. The van der Waals surface area contributed by atoms with Crippen LogP contribution < -0.4 is 10.6 Å².